The summed E-state index contributed by atoms with van der Waals surface area (Å²) in [5, 5.41) is 0. The van der Waals surface area contributed by atoms with E-state index >= 15 is 0 Å². The van der Waals surface area contributed by atoms with Gasteiger partial charge in [0.25, 0.3) is 5.91 Å². The Balaban J connectivity index is 0.000000738. The first-order valence-electron chi connectivity index (χ1n) is 13.4. The van der Waals surface area contributed by atoms with Crippen LogP contribution in [0.1, 0.15) is 58.9 Å². The van der Waals surface area contributed by atoms with E-state index in [9.17, 15) is 4.79 Å². The minimum Gasteiger partial charge on any atom is -0.268 e. The molecule has 6 aromatic rings. The number of rotatable bonds is 2. The molecule has 7 rings (SSSR count). The summed E-state index contributed by atoms with van der Waals surface area (Å²) in [5.74, 6) is 0.644. The Hall–Kier alpha value is -3.68. The quantitative estimate of drug-likeness (QED) is 0.214. The van der Waals surface area contributed by atoms with E-state index in [2.05, 4.69) is 39.8 Å². The fraction of sp³-hybridized carbons (Fsp3) is 0.250. The molecule has 0 amide bonds. The van der Waals surface area contributed by atoms with Crippen LogP contribution < -0.4 is 0 Å². The second-order valence-corrected chi connectivity index (χ2v) is 11.5. The smallest absolute Gasteiger partial charge is 0.264 e. The van der Waals surface area contributed by atoms with Crippen LogP contribution in [0.4, 0.5) is 0 Å². The van der Waals surface area contributed by atoms with Crippen molar-refractivity contribution in [3.8, 4) is 32.3 Å². The Labute approximate surface area is 237 Å². The van der Waals surface area contributed by atoms with Crippen LogP contribution in [0.2, 0.25) is 0 Å². The van der Waals surface area contributed by atoms with Crippen molar-refractivity contribution in [3.63, 3.8) is 0 Å². The maximum absolute atomic E-state index is 13.8. The van der Waals surface area contributed by atoms with Gasteiger partial charge in [0, 0.05) is 48.6 Å². The lowest BCUT2D eigenvalue weighted by atomic mass is 10.0. The number of carbonyl (C=O) groups excluding carboxylic acids is 1. The zero-order valence-electron chi connectivity index (χ0n) is 23.6. The van der Waals surface area contributed by atoms with Crippen molar-refractivity contribution in [2.24, 2.45) is 0 Å². The summed E-state index contributed by atoms with van der Waals surface area (Å²) >= 11 is 3.45. The fourth-order valence-corrected chi connectivity index (χ4v) is 7.14. The zero-order chi connectivity index (χ0) is 28.0. The highest BCUT2D eigenvalue weighted by molar-refractivity contribution is 7.16. The number of aromatic nitrogens is 4. The van der Waals surface area contributed by atoms with Crippen LogP contribution in [-0.4, -0.2) is 25.4 Å². The van der Waals surface area contributed by atoms with Gasteiger partial charge in [-0.3, -0.25) is 19.3 Å². The van der Waals surface area contributed by atoms with Crippen LogP contribution in [-0.2, 0) is 0 Å². The largest absolute Gasteiger partial charge is 0.268 e. The molecule has 0 saturated heterocycles. The Bertz CT molecular complexity index is 1830. The van der Waals surface area contributed by atoms with Gasteiger partial charge in [-0.05, 0) is 57.0 Å². The number of carbonyl (C=O) groups is 1. The third kappa shape index (κ3) is 4.03. The van der Waals surface area contributed by atoms with Gasteiger partial charge in [-0.15, -0.1) is 22.7 Å². The number of hydrogen-bond acceptors (Lipinski definition) is 6. The van der Waals surface area contributed by atoms with Gasteiger partial charge in [0.05, 0.1) is 11.1 Å². The molecule has 39 heavy (non-hydrogen) atoms. The highest BCUT2D eigenvalue weighted by atomic mass is 32.1. The van der Waals surface area contributed by atoms with Crippen LogP contribution >= 0.6 is 22.7 Å². The Morgan fingerprint density at radius 1 is 0.692 bits per heavy atom. The fourth-order valence-electron chi connectivity index (χ4n) is 4.98. The summed E-state index contributed by atoms with van der Waals surface area (Å²) in [6, 6.07) is 12.1. The molecule has 5 heterocycles. The molecule has 0 atom stereocenters. The number of thiophene rings is 2. The summed E-state index contributed by atoms with van der Waals surface area (Å²) in [7, 11) is 0. The van der Waals surface area contributed by atoms with Crippen molar-refractivity contribution < 1.29 is 4.79 Å². The molecular weight excluding hydrogens is 521 g/mol. The maximum atomic E-state index is 13.8. The molecule has 0 unspecified atom stereocenters. The first-order chi connectivity index (χ1) is 18.9. The lowest BCUT2D eigenvalue weighted by molar-refractivity contribution is 0.0973. The third-order valence-corrected chi connectivity index (χ3v) is 9.29. The summed E-state index contributed by atoms with van der Waals surface area (Å²) in [4.78, 5) is 33.2. The monoisotopic (exact) mass is 552 g/mol. The minimum atomic E-state index is -0.0444. The molecule has 0 aliphatic carbocycles. The van der Waals surface area contributed by atoms with Crippen molar-refractivity contribution in [3.05, 3.63) is 75.2 Å². The molecule has 5 nitrogen and oxygen atoms in total. The molecule has 1 aliphatic heterocycles. The Kier molecular flexibility index (Phi) is 7.23. The number of aryl methyl sites for hydroxylation is 4. The number of fused-ring (bicyclic) bond motifs is 6. The highest BCUT2D eigenvalue weighted by Crippen LogP contribution is 2.48. The Morgan fingerprint density at radius 3 is 1.74 bits per heavy atom. The van der Waals surface area contributed by atoms with Gasteiger partial charge in [-0.1, -0.05) is 45.9 Å². The maximum Gasteiger partial charge on any atom is 0.264 e. The van der Waals surface area contributed by atoms with Crippen molar-refractivity contribution in [1.82, 2.24) is 19.5 Å². The lowest BCUT2D eigenvalue weighted by Gasteiger charge is -2.12. The molecular formula is C32H32N4OS2. The van der Waals surface area contributed by atoms with Gasteiger partial charge in [-0.2, -0.15) is 0 Å². The molecule has 0 radical (unpaired) electrons. The molecule has 0 fully saturated rings. The number of nitrogens with zero attached hydrogens (tertiary/aromatic N) is 4. The van der Waals surface area contributed by atoms with Crippen molar-refractivity contribution in [1.29, 1.82) is 0 Å². The summed E-state index contributed by atoms with van der Waals surface area (Å²) in [5.41, 5.74) is 9.12. The van der Waals surface area contributed by atoms with Gasteiger partial charge >= 0.3 is 0 Å². The van der Waals surface area contributed by atoms with E-state index < -0.39 is 0 Å². The van der Waals surface area contributed by atoms with E-state index in [0.717, 1.165) is 48.5 Å². The average molecular weight is 553 g/mol. The molecule has 2 aromatic carbocycles. The normalized spacial score (nSPS) is 11.6. The van der Waals surface area contributed by atoms with Crippen molar-refractivity contribution >= 4 is 50.6 Å². The molecule has 198 valence electrons. The van der Waals surface area contributed by atoms with Crippen molar-refractivity contribution in [2.45, 2.75) is 55.4 Å². The summed E-state index contributed by atoms with van der Waals surface area (Å²) < 4.78 is 1.80. The second kappa shape index (κ2) is 10.5. The highest BCUT2D eigenvalue weighted by Gasteiger charge is 2.34. The first-order valence-corrected chi connectivity index (χ1v) is 15.1. The van der Waals surface area contributed by atoms with Crippen LogP contribution in [0.3, 0.4) is 0 Å². The van der Waals surface area contributed by atoms with Crippen LogP contribution in [0.25, 0.3) is 54.3 Å². The van der Waals surface area contributed by atoms with E-state index in [1.54, 1.807) is 39.6 Å². The van der Waals surface area contributed by atoms with Gasteiger partial charge in [0.15, 0.2) is 0 Å². The van der Waals surface area contributed by atoms with E-state index in [0.29, 0.717) is 11.4 Å². The van der Waals surface area contributed by atoms with Crippen molar-refractivity contribution in [2.75, 3.05) is 0 Å². The second-order valence-electron chi connectivity index (χ2n) is 9.02. The number of benzene rings is 2. The number of hydrogen-bond donors (Lipinski definition) is 0. The van der Waals surface area contributed by atoms with Crippen LogP contribution in [0, 0.1) is 27.7 Å². The first kappa shape index (κ1) is 26.9. The lowest BCUT2D eigenvalue weighted by Crippen LogP contribution is -2.07. The average Bonchev–Trinajstić information content (AvgIpc) is 3.68. The number of imidazole rings is 1. The molecule has 1 aliphatic rings. The van der Waals surface area contributed by atoms with Crippen LogP contribution in [0.15, 0.2) is 48.8 Å². The molecule has 0 spiro atoms. The van der Waals surface area contributed by atoms with Gasteiger partial charge in [0.2, 0.25) is 0 Å². The van der Waals surface area contributed by atoms with Gasteiger partial charge < -0.3 is 0 Å². The zero-order valence-corrected chi connectivity index (χ0v) is 25.3. The SMILES string of the molecule is CC.CC.Cc1cc(-c2c3nccnc3c(-c3cc(C)c(C)s3)c3c2nc2n3C(=O)c3ccccc3-2)sc1C. The van der Waals surface area contributed by atoms with E-state index in [1.807, 2.05) is 52.0 Å². The van der Waals surface area contributed by atoms with Crippen LogP contribution in [0.5, 0.6) is 0 Å². The van der Waals surface area contributed by atoms with E-state index in [1.165, 1.54) is 20.9 Å². The predicted molar refractivity (Wildman–Crippen MR) is 166 cm³/mol. The van der Waals surface area contributed by atoms with E-state index in [-0.39, 0.29) is 5.91 Å². The van der Waals surface area contributed by atoms with E-state index in [4.69, 9.17) is 15.0 Å². The molecule has 4 aromatic heterocycles. The molecule has 0 bridgehead atoms. The minimum absolute atomic E-state index is 0.0444. The predicted octanol–water partition coefficient (Wildman–Crippen LogP) is 9.39. The summed E-state index contributed by atoms with van der Waals surface area (Å²) in [6.07, 6.45) is 3.47. The Morgan fingerprint density at radius 2 is 1.21 bits per heavy atom. The molecule has 7 heteroatoms. The third-order valence-electron chi connectivity index (χ3n) is 6.95. The molecule has 0 N–H and O–H groups in total. The standard InChI is InChI=1S/C28H20N4OS2.2C2H6/c1-13-11-19(34-15(13)3)21-23-24(30-10-9-29-23)22(20-12-14(2)16(4)35-20)26-25(21)31-27-17-7-5-6-8-18(17)28(33)32(26)27;2*1-2/h5-12H,1-4H3;2*1-2H3. The van der Waals surface area contributed by atoms with Gasteiger partial charge in [0.1, 0.15) is 22.4 Å². The molecule has 0 saturated carbocycles. The topological polar surface area (TPSA) is 60.7 Å². The summed E-state index contributed by atoms with van der Waals surface area (Å²) in [6.45, 7) is 16.5. The van der Waals surface area contributed by atoms with Gasteiger partial charge in [-0.25, -0.2) is 4.98 Å².